The number of carbonyl (C=O) groups is 2. The lowest BCUT2D eigenvalue weighted by atomic mass is 10.1. The van der Waals surface area contributed by atoms with Crippen LogP contribution >= 0.6 is 23.2 Å². The van der Waals surface area contributed by atoms with Crippen LogP contribution in [0.15, 0.2) is 42.5 Å². The first-order chi connectivity index (χ1) is 11.6. The summed E-state index contributed by atoms with van der Waals surface area (Å²) in [6.45, 7) is 0. The SMILES string of the molecule is O=C(CC(=O)Nc1ccc(Cl)cc1C(F)(F)F)Nc1ccc(Cl)cc1. The lowest BCUT2D eigenvalue weighted by Crippen LogP contribution is -2.22. The molecule has 9 heteroatoms. The van der Waals surface area contributed by atoms with Gasteiger partial charge in [0, 0.05) is 15.7 Å². The average Bonchev–Trinajstić information content (AvgIpc) is 2.50. The molecule has 132 valence electrons. The molecule has 4 nitrogen and oxygen atoms in total. The Morgan fingerprint density at radius 3 is 2.04 bits per heavy atom. The molecule has 0 atom stereocenters. The number of alkyl halides is 3. The summed E-state index contributed by atoms with van der Waals surface area (Å²) >= 11 is 11.3. The topological polar surface area (TPSA) is 58.2 Å². The second-order valence-corrected chi connectivity index (χ2v) is 5.84. The molecule has 2 N–H and O–H groups in total. The van der Waals surface area contributed by atoms with Crippen LogP contribution in [0.25, 0.3) is 0 Å². The molecule has 2 rings (SSSR count). The number of rotatable bonds is 4. The Labute approximate surface area is 150 Å². The summed E-state index contributed by atoms with van der Waals surface area (Å²) in [5.41, 5.74) is -1.16. The molecule has 0 aliphatic carbocycles. The molecular weight excluding hydrogens is 380 g/mol. The van der Waals surface area contributed by atoms with Crippen LogP contribution in [0.3, 0.4) is 0 Å². The molecule has 0 aromatic heterocycles. The zero-order valence-corrected chi connectivity index (χ0v) is 14.0. The molecule has 0 aliphatic heterocycles. The molecule has 0 saturated heterocycles. The second-order valence-electron chi connectivity index (χ2n) is 4.97. The van der Waals surface area contributed by atoms with Crippen molar-refractivity contribution in [3.8, 4) is 0 Å². The third-order valence-corrected chi connectivity index (χ3v) is 3.50. The highest BCUT2D eigenvalue weighted by molar-refractivity contribution is 6.31. The Balaban J connectivity index is 2.03. The van der Waals surface area contributed by atoms with E-state index in [-0.39, 0.29) is 5.02 Å². The molecule has 2 amide bonds. The number of benzene rings is 2. The third kappa shape index (κ3) is 5.65. The van der Waals surface area contributed by atoms with Gasteiger partial charge in [-0.25, -0.2) is 0 Å². The van der Waals surface area contributed by atoms with E-state index in [4.69, 9.17) is 23.2 Å². The molecule has 25 heavy (non-hydrogen) atoms. The highest BCUT2D eigenvalue weighted by Gasteiger charge is 2.34. The Morgan fingerprint density at radius 1 is 0.880 bits per heavy atom. The first-order valence-electron chi connectivity index (χ1n) is 6.87. The van der Waals surface area contributed by atoms with Crippen molar-refractivity contribution < 1.29 is 22.8 Å². The fraction of sp³-hybridized carbons (Fsp3) is 0.125. The standard InChI is InChI=1S/C16H11Cl2F3N2O2/c17-9-1-4-11(5-2-9)22-14(24)8-15(25)23-13-6-3-10(18)7-12(13)16(19,20)21/h1-7H,8H2,(H,22,24)(H,23,25). The van der Waals surface area contributed by atoms with E-state index in [1.165, 1.54) is 18.2 Å². The molecule has 2 aromatic rings. The van der Waals surface area contributed by atoms with Crippen molar-refractivity contribution in [2.24, 2.45) is 0 Å². The quantitative estimate of drug-likeness (QED) is 0.723. The Hall–Kier alpha value is -2.25. The number of halogens is 5. The van der Waals surface area contributed by atoms with Crippen LogP contribution < -0.4 is 10.6 Å². The zero-order chi connectivity index (χ0) is 18.6. The molecule has 0 radical (unpaired) electrons. The molecule has 2 aromatic carbocycles. The van der Waals surface area contributed by atoms with E-state index in [9.17, 15) is 22.8 Å². The van der Waals surface area contributed by atoms with Crippen molar-refractivity contribution in [1.82, 2.24) is 0 Å². The largest absolute Gasteiger partial charge is 0.418 e. The monoisotopic (exact) mass is 390 g/mol. The maximum absolute atomic E-state index is 13.0. The number of carbonyl (C=O) groups excluding carboxylic acids is 2. The first kappa shape index (κ1) is 19.1. The van der Waals surface area contributed by atoms with Gasteiger partial charge in [0.2, 0.25) is 11.8 Å². The molecule has 0 unspecified atom stereocenters. The summed E-state index contributed by atoms with van der Waals surface area (Å²) in [7, 11) is 0. The number of amides is 2. The van der Waals surface area contributed by atoms with Gasteiger partial charge >= 0.3 is 6.18 Å². The van der Waals surface area contributed by atoms with Crippen LogP contribution in [-0.4, -0.2) is 11.8 Å². The first-order valence-corrected chi connectivity index (χ1v) is 7.63. The van der Waals surface area contributed by atoms with Crippen molar-refractivity contribution in [2.75, 3.05) is 10.6 Å². The predicted molar refractivity (Wildman–Crippen MR) is 89.8 cm³/mol. The van der Waals surface area contributed by atoms with Gasteiger partial charge in [-0.1, -0.05) is 23.2 Å². The minimum absolute atomic E-state index is 0.120. The van der Waals surface area contributed by atoms with Gasteiger partial charge in [0.1, 0.15) is 6.42 Å². The average molecular weight is 391 g/mol. The Bertz CT molecular complexity index is 793. The fourth-order valence-corrected chi connectivity index (χ4v) is 2.24. The van der Waals surface area contributed by atoms with Gasteiger partial charge in [0.25, 0.3) is 0 Å². The molecule has 0 heterocycles. The summed E-state index contributed by atoms with van der Waals surface area (Å²) in [5, 5.41) is 4.86. The number of hydrogen-bond donors (Lipinski definition) is 2. The van der Waals surface area contributed by atoms with E-state index in [0.29, 0.717) is 16.8 Å². The molecule has 0 fully saturated rings. The minimum atomic E-state index is -4.70. The molecule has 0 aliphatic rings. The Morgan fingerprint density at radius 2 is 1.44 bits per heavy atom. The number of hydrogen-bond acceptors (Lipinski definition) is 2. The van der Waals surface area contributed by atoms with E-state index >= 15 is 0 Å². The van der Waals surface area contributed by atoms with Gasteiger partial charge < -0.3 is 10.6 Å². The van der Waals surface area contributed by atoms with E-state index in [1.807, 2.05) is 0 Å². The number of nitrogens with one attached hydrogen (secondary N) is 2. The van der Waals surface area contributed by atoms with Crippen LogP contribution in [0.5, 0.6) is 0 Å². The summed E-state index contributed by atoms with van der Waals surface area (Å²) < 4.78 is 38.9. The van der Waals surface area contributed by atoms with E-state index in [0.717, 1.165) is 6.07 Å². The van der Waals surface area contributed by atoms with Crippen molar-refractivity contribution in [3.05, 3.63) is 58.1 Å². The fourth-order valence-electron chi connectivity index (χ4n) is 1.94. The summed E-state index contributed by atoms with van der Waals surface area (Å²) in [6, 6.07) is 9.07. The van der Waals surface area contributed by atoms with Crippen molar-refractivity contribution in [3.63, 3.8) is 0 Å². The molecule has 0 saturated carbocycles. The van der Waals surface area contributed by atoms with E-state index in [2.05, 4.69) is 10.6 Å². The lowest BCUT2D eigenvalue weighted by Gasteiger charge is -2.14. The number of anilines is 2. The third-order valence-electron chi connectivity index (χ3n) is 3.01. The minimum Gasteiger partial charge on any atom is -0.326 e. The maximum atomic E-state index is 13.0. The second kappa shape index (κ2) is 7.76. The molecule has 0 spiro atoms. The van der Waals surface area contributed by atoms with Crippen molar-refractivity contribution in [2.45, 2.75) is 12.6 Å². The van der Waals surface area contributed by atoms with E-state index in [1.54, 1.807) is 12.1 Å². The van der Waals surface area contributed by atoms with Gasteiger partial charge in [-0.15, -0.1) is 0 Å². The zero-order valence-electron chi connectivity index (χ0n) is 12.5. The van der Waals surface area contributed by atoms with Gasteiger partial charge in [-0.2, -0.15) is 13.2 Å². The summed E-state index contributed by atoms with van der Waals surface area (Å²) in [4.78, 5) is 23.6. The Kier molecular flexibility index (Phi) is 5.92. The highest BCUT2D eigenvalue weighted by atomic mass is 35.5. The van der Waals surface area contributed by atoms with Gasteiger partial charge in [-0.05, 0) is 42.5 Å². The van der Waals surface area contributed by atoms with Crippen LogP contribution in [0.2, 0.25) is 10.0 Å². The summed E-state index contributed by atoms with van der Waals surface area (Å²) in [5.74, 6) is -1.57. The van der Waals surface area contributed by atoms with Crippen LogP contribution in [0, 0.1) is 0 Å². The molecule has 0 bridgehead atoms. The van der Waals surface area contributed by atoms with Gasteiger partial charge in [0.05, 0.1) is 11.3 Å². The lowest BCUT2D eigenvalue weighted by molar-refractivity contribution is -0.137. The van der Waals surface area contributed by atoms with E-state index < -0.39 is 35.7 Å². The normalized spacial score (nSPS) is 11.1. The van der Waals surface area contributed by atoms with Gasteiger partial charge in [0.15, 0.2) is 0 Å². The predicted octanol–water partition coefficient (Wildman–Crippen LogP) is 4.98. The summed E-state index contributed by atoms with van der Waals surface area (Å²) in [6.07, 6.45) is -5.35. The highest BCUT2D eigenvalue weighted by Crippen LogP contribution is 2.36. The van der Waals surface area contributed by atoms with Crippen LogP contribution in [-0.2, 0) is 15.8 Å². The van der Waals surface area contributed by atoms with Crippen LogP contribution in [0.4, 0.5) is 24.5 Å². The smallest absolute Gasteiger partial charge is 0.326 e. The van der Waals surface area contributed by atoms with Crippen molar-refractivity contribution in [1.29, 1.82) is 0 Å². The van der Waals surface area contributed by atoms with Gasteiger partial charge in [-0.3, -0.25) is 9.59 Å². The van der Waals surface area contributed by atoms with Crippen LogP contribution in [0.1, 0.15) is 12.0 Å². The van der Waals surface area contributed by atoms with Crippen molar-refractivity contribution >= 4 is 46.4 Å². The molecular formula is C16H11Cl2F3N2O2. The maximum Gasteiger partial charge on any atom is 0.418 e.